The van der Waals surface area contributed by atoms with Gasteiger partial charge in [-0.25, -0.2) is 0 Å². The van der Waals surface area contributed by atoms with E-state index in [9.17, 15) is 0 Å². The molecule has 0 saturated carbocycles. The van der Waals surface area contributed by atoms with Gasteiger partial charge in [-0.05, 0) is 38.1 Å². The van der Waals surface area contributed by atoms with E-state index < -0.39 is 0 Å². The molecule has 2 aromatic rings. The summed E-state index contributed by atoms with van der Waals surface area (Å²) in [4.78, 5) is 2.75. The largest absolute Gasteiger partial charge is 0.378 e. The van der Waals surface area contributed by atoms with Crippen LogP contribution >= 0.6 is 11.3 Å². The smallest absolute Gasteiger partial charge is 0.0578 e. The standard InChI is InChI=1S/C13H15NS/c1-10-8-9-13(15-10)11(2)14-12-6-4-3-5-7-12/h3-9,11,14H,1-2H3. The number of hydrogen-bond acceptors (Lipinski definition) is 2. The molecule has 1 aromatic heterocycles. The number of rotatable bonds is 3. The first-order chi connectivity index (χ1) is 7.25. The average Bonchev–Trinajstić information content (AvgIpc) is 2.66. The fourth-order valence-corrected chi connectivity index (χ4v) is 2.42. The van der Waals surface area contributed by atoms with Gasteiger partial charge in [0, 0.05) is 15.4 Å². The summed E-state index contributed by atoms with van der Waals surface area (Å²) in [5.41, 5.74) is 1.18. The molecule has 2 heteroatoms. The van der Waals surface area contributed by atoms with E-state index in [4.69, 9.17) is 0 Å². The minimum atomic E-state index is 0.381. The lowest BCUT2D eigenvalue weighted by Crippen LogP contribution is -2.04. The quantitative estimate of drug-likeness (QED) is 0.811. The topological polar surface area (TPSA) is 12.0 Å². The molecule has 0 aliphatic heterocycles. The number of aryl methyl sites for hydroxylation is 1. The highest BCUT2D eigenvalue weighted by molar-refractivity contribution is 7.12. The molecule has 0 aliphatic carbocycles. The number of thiophene rings is 1. The third-order valence-corrected chi connectivity index (χ3v) is 3.53. The van der Waals surface area contributed by atoms with Gasteiger partial charge >= 0.3 is 0 Å². The molecular weight excluding hydrogens is 202 g/mol. The van der Waals surface area contributed by atoms with Gasteiger partial charge in [-0.2, -0.15) is 0 Å². The number of hydrogen-bond donors (Lipinski definition) is 1. The fraction of sp³-hybridized carbons (Fsp3) is 0.231. The lowest BCUT2D eigenvalue weighted by molar-refractivity contribution is 0.908. The number of benzene rings is 1. The summed E-state index contributed by atoms with van der Waals surface area (Å²) >= 11 is 1.85. The van der Waals surface area contributed by atoms with E-state index >= 15 is 0 Å². The molecule has 0 saturated heterocycles. The number of para-hydroxylation sites is 1. The van der Waals surface area contributed by atoms with Crippen molar-refractivity contribution in [2.75, 3.05) is 5.32 Å². The molecular formula is C13H15NS. The highest BCUT2D eigenvalue weighted by Crippen LogP contribution is 2.25. The van der Waals surface area contributed by atoms with Crippen LogP contribution in [-0.2, 0) is 0 Å². The van der Waals surface area contributed by atoms with Gasteiger partial charge in [0.05, 0.1) is 6.04 Å². The molecule has 0 amide bonds. The van der Waals surface area contributed by atoms with Gasteiger partial charge in [-0.15, -0.1) is 11.3 Å². The normalized spacial score (nSPS) is 12.4. The second-order valence-corrected chi connectivity index (χ2v) is 5.00. The van der Waals surface area contributed by atoms with Crippen LogP contribution in [0.1, 0.15) is 22.7 Å². The molecule has 2 rings (SSSR count). The van der Waals surface area contributed by atoms with Crippen molar-refractivity contribution in [1.29, 1.82) is 0 Å². The van der Waals surface area contributed by atoms with Crippen molar-refractivity contribution in [3.05, 3.63) is 52.2 Å². The van der Waals surface area contributed by atoms with E-state index in [1.54, 1.807) is 0 Å². The van der Waals surface area contributed by atoms with Crippen LogP contribution in [0, 0.1) is 6.92 Å². The number of nitrogens with one attached hydrogen (secondary N) is 1. The summed E-state index contributed by atoms with van der Waals surface area (Å²) in [6.45, 7) is 4.33. The summed E-state index contributed by atoms with van der Waals surface area (Å²) in [7, 11) is 0. The molecule has 78 valence electrons. The predicted octanol–water partition coefficient (Wildman–Crippen LogP) is 4.23. The third-order valence-electron chi connectivity index (χ3n) is 2.34. The molecule has 0 spiro atoms. The Morgan fingerprint density at radius 2 is 1.80 bits per heavy atom. The molecule has 1 nitrogen and oxygen atoms in total. The Hall–Kier alpha value is -1.28. The molecule has 0 radical (unpaired) electrons. The Bertz CT molecular complexity index is 419. The van der Waals surface area contributed by atoms with Gasteiger partial charge < -0.3 is 5.32 Å². The predicted molar refractivity (Wildman–Crippen MR) is 67.5 cm³/mol. The maximum atomic E-state index is 3.48. The van der Waals surface area contributed by atoms with Crippen molar-refractivity contribution in [1.82, 2.24) is 0 Å². The van der Waals surface area contributed by atoms with E-state index in [1.165, 1.54) is 15.4 Å². The van der Waals surface area contributed by atoms with Gasteiger partial charge in [-0.1, -0.05) is 18.2 Å². The maximum absolute atomic E-state index is 3.48. The van der Waals surface area contributed by atoms with E-state index in [-0.39, 0.29) is 0 Å². The highest BCUT2D eigenvalue weighted by Gasteiger charge is 2.06. The summed E-state index contributed by atoms with van der Waals surface area (Å²) in [6.07, 6.45) is 0. The van der Waals surface area contributed by atoms with Crippen LogP contribution in [0.5, 0.6) is 0 Å². The Morgan fingerprint density at radius 3 is 2.40 bits per heavy atom. The van der Waals surface area contributed by atoms with Crippen molar-refractivity contribution < 1.29 is 0 Å². The summed E-state index contributed by atoms with van der Waals surface area (Å²) < 4.78 is 0. The first-order valence-corrected chi connectivity index (χ1v) is 5.95. The Morgan fingerprint density at radius 1 is 1.07 bits per heavy atom. The summed E-state index contributed by atoms with van der Waals surface area (Å²) in [5, 5.41) is 3.48. The molecule has 1 N–H and O–H groups in total. The zero-order chi connectivity index (χ0) is 10.7. The van der Waals surface area contributed by atoms with Gasteiger partial charge in [0.25, 0.3) is 0 Å². The van der Waals surface area contributed by atoms with Crippen LogP contribution < -0.4 is 5.32 Å². The first kappa shape index (κ1) is 10.2. The van der Waals surface area contributed by atoms with Crippen LogP contribution in [0.3, 0.4) is 0 Å². The average molecular weight is 217 g/mol. The zero-order valence-corrected chi connectivity index (χ0v) is 9.84. The Balaban J connectivity index is 2.07. The lowest BCUT2D eigenvalue weighted by Gasteiger charge is -2.13. The molecule has 1 atom stereocenters. The minimum absolute atomic E-state index is 0.381. The summed E-state index contributed by atoms with van der Waals surface area (Å²) in [6, 6.07) is 15.1. The van der Waals surface area contributed by atoms with Crippen molar-refractivity contribution in [2.45, 2.75) is 19.9 Å². The molecule has 0 fully saturated rings. The van der Waals surface area contributed by atoms with E-state index in [0.717, 1.165) is 0 Å². The van der Waals surface area contributed by atoms with Crippen LogP contribution in [0.2, 0.25) is 0 Å². The summed E-state index contributed by atoms with van der Waals surface area (Å²) in [5.74, 6) is 0. The lowest BCUT2D eigenvalue weighted by atomic mass is 10.2. The van der Waals surface area contributed by atoms with Gasteiger partial charge in [-0.3, -0.25) is 0 Å². The monoisotopic (exact) mass is 217 g/mol. The van der Waals surface area contributed by atoms with Gasteiger partial charge in [0.1, 0.15) is 0 Å². The van der Waals surface area contributed by atoms with E-state index in [1.807, 2.05) is 17.4 Å². The van der Waals surface area contributed by atoms with Crippen molar-refractivity contribution in [3.63, 3.8) is 0 Å². The fourth-order valence-electron chi connectivity index (χ4n) is 1.54. The first-order valence-electron chi connectivity index (χ1n) is 5.13. The van der Waals surface area contributed by atoms with Crippen molar-refractivity contribution in [3.8, 4) is 0 Å². The molecule has 15 heavy (non-hydrogen) atoms. The van der Waals surface area contributed by atoms with E-state index in [0.29, 0.717) is 6.04 Å². The van der Waals surface area contributed by atoms with Crippen molar-refractivity contribution in [2.24, 2.45) is 0 Å². The highest BCUT2D eigenvalue weighted by atomic mass is 32.1. The van der Waals surface area contributed by atoms with Crippen molar-refractivity contribution >= 4 is 17.0 Å². The molecule has 0 bridgehead atoms. The van der Waals surface area contributed by atoms with Crippen LogP contribution in [-0.4, -0.2) is 0 Å². The molecule has 1 aromatic carbocycles. The second-order valence-electron chi connectivity index (χ2n) is 3.68. The Labute approximate surface area is 94.8 Å². The Kier molecular flexibility index (Phi) is 3.07. The van der Waals surface area contributed by atoms with Gasteiger partial charge in [0.15, 0.2) is 0 Å². The second kappa shape index (κ2) is 4.49. The van der Waals surface area contributed by atoms with Gasteiger partial charge in [0.2, 0.25) is 0 Å². The molecule has 0 aliphatic rings. The molecule has 1 heterocycles. The van der Waals surface area contributed by atoms with Crippen LogP contribution in [0.4, 0.5) is 5.69 Å². The van der Waals surface area contributed by atoms with E-state index in [2.05, 4.69) is 55.6 Å². The maximum Gasteiger partial charge on any atom is 0.0578 e. The van der Waals surface area contributed by atoms with Crippen LogP contribution in [0.25, 0.3) is 0 Å². The minimum Gasteiger partial charge on any atom is -0.378 e. The SMILES string of the molecule is Cc1ccc(C(C)Nc2ccccc2)s1. The zero-order valence-electron chi connectivity index (χ0n) is 9.03. The number of anilines is 1. The molecule has 1 unspecified atom stereocenters. The third kappa shape index (κ3) is 2.60. The van der Waals surface area contributed by atoms with Crippen LogP contribution in [0.15, 0.2) is 42.5 Å².